The van der Waals surface area contributed by atoms with Crippen LogP contribution in [-0.4, -0.2) is 92.8 Å². The highest BCUT2D eigenvalue weighted by atomic mass is 16.4. The molecule has 0 bridgehead atoms. The van der Waals surface area contributed by atoms with Crippen LogP contribution in [0.25, 0.3) is 10.9 Å². The van der Waals surface area contributed by atoms with Crippen LogP contribution in [0.15, 0.2) is 30.5 Å². The van der Waals surface area contributed by atoms with Crippen molar-refractivity contribution < 1.29 is 48.6 Å². The predicted octanol–water partition coefficient (Wildman–Crippen LogP) is -3.30. The first kappa shape index (κ1) is 35.7. The number of benzene rings is 1. The molecule has 0 unspecified atom stereocenters. The zero-order valence-electron chi connectivity index (χ0n) is 24.2. The van der Waals surface area contributed by atoms with E-state index in [0.717, 1.165) is 5.52 Å². The summed E-state index contributed by atoms with van der Waals surface area (Å²) in [5, 5.41) is 27.7. The topological polar surface area (TPSA) is 319 Å². The molecule has 1 heterocycles. The molecule has 0 saturated heterocycles. The van der Waals surface area contributed by atoms with Gasteiger partial charge in [0, 0.05) is 29.9 Å². The number of carboxylic acid groups (broad SMARTS) is 2. The van der Waals surface area contributed by atoms with Gasteiger partial charge in [-0.05, 0) is 25.0 Å². The molecular formula is C27H36N8O10. The number of fused-ring (bicyclic) bond motifs is 1. The lowest BCUT2D eigenvalue weighted by Crippen LogP contribution is -2.59. The number of aliphatic carboxylic acids is 2. The number of carbonyl (C=O) groups excluding carboxylic acids is 6. The minimum Gasteiger partial charge on any atom is -0.481 e. The van der Waals surface area contributed by atoms with Crippen molar-refractivity contribution in [3.8, 4) is 0 Å². The Labute approximate surface area is 255 Å². The molecule has 244 valence electrons. The average Bonchev–Trinajstić information content (AvgIpc) is 3.36. The highest BCUT2D eigenvalue weighted by Gasteiger charge is 2.32. The third-order valence-electron chi connectivity index (χ3n) is 6.57. The summed E-state index contributed by atoms with van der Waals surface area (Å²) in [7, 11) is 0. The predicted molar refractivity (Wildman–Crippen MR) is 156 cm³/mol. The molecule has 2 aromatic rings. The molecule has 0 saturated carbocycles. The lowest BCUT2D eigenvalue weighted by atomic mass is 10.0. The number of aromatic nitrogens is 1. The van der Waals surface area contributed by atoms with E-state index >= 15 is 0 Å². The van der Waals surface area contributed by atoms with E-state index in [9.17, 15) is 38.4 Å². The number of amides is 6. The molecule has 6 amide bonds. The first-order valence-electron chi connectivity index (χ1n) is 13.6. The SMILES string of the molecule is C[C@H](NC(=O)[C@H](Cc1c[nH]c2ccccc12)NC(=O)[C@H](CC(N)=O)NC(=O)[C@@H](N)CCC(=O)O)C(=O)N[C@@H](CC(=O)O)C(N)=O. The number of nitrogens with one attached hydrogen (secondary N) is 5. The van der Waals surface area contributed by atoms with Gasteiger partial charge in [-0.15, -0.1) is 0 Å². The number of H-pyrrole nitrogens is 1. The van der Waals surface area contributed by atoms with Crippen LogP contribution >= 0.6 is 0 Å². The highest BCUT2D eigenvalue weighted by molar-refractivity contribution is 5.98. The van der Waals surface area contributed by atoms with E-state index in [4.69, 9.17) is 27.4 Å². The number of primary amides is 2. The van der Waals surface area contributed by atoms with E-state index in [1.807, 2.05) is 0 Å². The van der Waals surface area contributed by atoms with Gasteiger partial charge in [0.2, 0.25) is 35.4 Å². The van der Waals surface area contributed by atoms with Gasteiger partial charge in [0.1, 0.15) is 24.2 Å². The van der Waals surface area contributed by atoms with Crippen molar-refractivity contribution in [2.45, 2.75) is 69.2 Å². The maximum Gasteiger partial charge on any atom is 0.305 e. The molecule has 13 N–H and O–H groups in total. The van der Waals surface area contributed by atoms with Gasteiger partial charge in [0.25, 0.3) is 0 Å². The second kappa shape index (κ2) is 16.4. The number of hydrogen-bond acceptors (Lipinski definition) is 9. The maximum atomic E-state index is 13.4. The van der Waals surface area contributed by atoms with Crippen LogP contribution in [0.2, 0.25) is 0 Å². The monoisotopic (exact) mass is 632 g/mol. The third kappa shape index (κ3) is 11.2. The molecule has 1 aromatic carbocycles. The van der Waals surface area contributed by atoms with Crippen LogP contribution in [0, 0.1) is 0 Å². The van der Waals surface area contributed by atoms with E-state index < -0.39 is 96.9 Å². The second-order valence-electron chi connectivity index (χ2n) is 10.2. The molecule has 0 fully saturated rings. The standard InChI is InChI=1S/C27H36N8O10/c1-12(24(42)33-17(23(30)41)10-22(39)40)32-26(44)18(8-13-11-31-16-5-3-2-4-14(13)16)35-27(45)19(9-20(29)36)34-25(43)15(28)6-7-21(37)38/h2-5,11-12,15,17-19,31H,6-10,28H2,1H3,(H2,29,36)(H2,30,41)(H,32,44)(H,33,42)(H,34,43)(H,35,45)(H,37,38)(H,39,40)/t12-,15-,17-,18-,19-/m0/s1. The van der Waals surface area contributed by atoms with Crippen molar-refractivity contribution in [1.29, 1.82) is 0 Å². The Balaban J connectivity index is 2.29. The summed E-state index contributed by atoms with van der Waals surface area (Å²) >= 11 is 0. The van der Waals surface area contributed by atoms with E-state index in [1.165, 1.54) is 6.92 Å². The largest absolute Gasteiger partial charge is 0.481 e. The molecule has 1 aromatic heterocycles. The maximum absolute atomic E-state index is 13.4. The van der Waals surface area contributed by atoms with Crippen LogP contribution in [-0.2, 0) is 44.8 Å². The Morgan fingerprint density at radius 1 is 0.778 bits per heavy atom. The Kier molecular flexibility index (Phi) is 13.0. The van der Waals surface area contributed by atoms with Crippen LogP contribution in [0.5, 0.6) is 0 Å². The second-order valence-corrected chi connectivity index (χ2v) is 10.2. The number of hydrogen-bond donors (Lipinski definition) is 10. The van der Waals surface area contributed by atoms with Gasteiger partial charge in [-0.25, -0.2) is 0 Å². The molecule has 0 radical (unpaired) electrons. The van der Waals surface area contributed by atoms with Crippen LogP contribution in [0.4, 0.5) is 0 Å². The van der Waals surface area contributed by atoms with Crippen LogP contribution < -0.4 is 38.5 Å². The Hall–Kier alpha value is -5.52. The van der Waals surface area contributed by atoms with Crippen molar-refractivity contribution in [2.75, 3.05) is 0 Å². The van der Waals surface area contributed by atoms with E-state index in [1.54, 1.807) is 30.5 Å². The molecule has 5 atom stereocenters. The Bertz CT molecular complexity index is 1460. The fraction of sp³-hybridized carbons (Fsp3) is 0.407. The van der Waals surface area contributed by atoms with Gasteiger partial charge in [-0.3, -0.25) is 38.4 Å². The molecule has 18 heteroatoms. The van der Waals surface area contributed by atoms with Gasteiger partial charge in [-0.2, -0.15) is 0 Å². The Morgan fingerprint density at radius 3 is 1.98 bits per heavy atom. The quantitative estimate of drug-likeness (QED) is 0.0775. The van der Waals surface area contributed by atoms with Crippen molar-refractivity contribution in [2.24, 2.45) is 17.2 Å². The zero-order valence-corrected chi connectivity index (χ0v) is 24.2. The van der Waals surface area contributed by atoms with Crippen molar-refractivity contribution >= 4 is 58.3 Å². The summed E-state index contributed by atoms with van der Waals surface area (Å²) in [6.45, 7) is 1.24. The number of aromatic amines is 1. The minimum absolute atomic E-state index is 0.145. The van der Waals surface area contributed by atoms with Crippen molar-refractivity contribution in [1.82, 2.24) is 26.3 Å². The summed E-state index contributed by atoms with van der Waals surface area (Å²) in [6, 6.07) is -0.191. The molecule has 45 heavy (non-hydrogen) atoms. The molecule has 18 nitrogen and oxygen atoms in total. The lowest BCUT2D eigenvalue weighted by molar-refractivity contribution is -0.140. The third-order valence-corrected chi connectivity index (χ3v) is 6.57. The zero-order chi connectivity index (χ0) is 33.8. The van der Waals surface area contributed by atoms with Gasteiger partial charge < -0.3 is 53.7 Å². The van der Waals surface area contributed by atoms with Crippen molar-refractivity contribution in [3.05, 3.63) is 36.0 Å². The number of rotatable bonds is 18. The molecule has 0 spiro atoms. The number of carboxylic acids is 2. The average molecular weight is 633 g/mol. The summed E-state index contributed by atoms with van der Waals surface area (Å²) in [4.78, 5) is 100. The van der Waals surface area contributed by atoms with Crippen molar-refractivity contribution in [3.63, 3.8) is 0 Å². The fourth-order valence-corrected chi connectivity index (χ4v) is 4.17. The summed E-state index contributed by atoms with van der Waals surface area (Å²) in [5.41, 5.74) is 17.4. The van der Waals surface area contributed by atoms with Gasteiger partial charge in [0.05, 0.1) is 18.9 Å². The number of para-hydroxylation sites is 1. The normalized spacial score (nSPS) is 14.2. The van der Waals surface area contributed by atoms with E-state index in [2.05, 4.69) is 26.3 Å². The van der Waals surface area contributed by atoms with Crippen LogP contribution in [0.3, 0.4) is 0 Å². The van der Waals surface area contributed by atoms with E-state index in [0.29, 0.717) is 10.9 Å². The van der Waals surface area contributed by atoms with Crippen LogP contribution in [0.1, 0.15) is 38.2 Å². The molecule has 0 aliphatic heterocycles. The first-order valence-corrected chi connectivity index (χ1v) is 13.6. The molecular weight excluding hydrogens is 596 g/mol. The molecule has 0 aliphatic carbocycles. The van der Waals surface area contributed by atoms with Gasteiger partial charge in [-0.1, -0.05) is 18.2 Å². The fourth-order valence-electron chi connectivity index (χ4n) is 4.17. The number of nitrogens with two attached hydrogens (primary N) is 3. The summed E-state index contributed by atoms with van der Waals surface area (Å²) < 4.78 is 0. The molecule has 0 aliphatic rings. The van der Waals surface area contributed by atoms with Gasteiger partial charge >= 0.3 is 11.9 Å². The smallest absolute Gasteiger partial charge is 0.305 e. The number of carbonyl (C=O) groups is 8. The van der Waals surface area contributed by atoms with Gasteiger partial charge in [0.15, 0.2) is 0 Å². The highest BCUT2D eigenvalue weighted by Crippen LogP contribution is 2.19. The minimum atomic E-state index is -1.60. The van der Waals surface area contributed by atoms with E-state index in [-0.39, 0.29) is 12.8 Å². The Morgan fingerprint density at radius 2 is 1.38 bits per heavy atom. The summed E-state index contributed by atoms with van der Waals surface area (Å²) in [5.74, 6) is -8.50. The first-order chi connectivity index (χ1) is 21.1. The summed E-state index contributed by atoms with van der Waals surface area (Å²) in [6.07, 6.45) is -0.735. The molecule has 2 rings (SSSR count). The lowest BCUT2D eigenvalue weighted by Gasteiger charge is -2.25.